The van der Waals surface area contributed by atoms with Crippen molar-refractivity contribution in [1.82, 2.24) is 0 Å². The second-order valence-electron chi connectivity index (χ2n) is 3.62. The van der Waals surface area contributed by atoms with E-state index in [0.29, 0.717) is 0 Å². The fraction of sp³-hybridized carbons (Fsp3) is 0.273. The highest BCUT2D eigenvalue weighted by atomic mass is 35.5. The van der Waals surface area contributed by atoms with Crippen LogP contribution in [0.1, 0.15) is 6.42 Å². The lowest BCUT2D eigenvalue weighted by atomic mass is 10.2. The van der Waals surface area contributed by atoms with E-state index < -0.39 is 23.7 Å². The number of benzene rings is 1. The van der Waals surface area contributed by atoms with Crippen molar-refractivity contribution in [2.75, 3.05) is 12.4 Å². The smallest absolute Gasteiger partial charge is 0.241 e. The van der Waals surface area contributed by atoms with Crippen molar-refractivity contribution in [3.05, 3.63) is 24.0 Å². The van der Waals surface area contributed by atoms with Crippen molar-refractivity contribution in [3.63, 3.8) is 0 Å². The number of anilines is 1. The number of amides is 2. The van der Waals surface area contributed by atoms with Gasteiger partial charge in [-0.15, -0.1) is 12.4 Å². The summed E-state index contributed by atoms with van der Waals surface area (Å²) in [6.45, 7) is 0. The van der Waals surface area contributed by atoms with Gasteiger partial charge >= 0.3 is 0 Å². The predicted octanol–water partition coefficient (Wildman–Crippen LogP) is 0.397. The Morgan fingerprint density at radius 1 is 1.47 bits per heavy atom. The van der Waals surface area contributed by atoms with Crippen LogP contribution in [0.2, 0.25) is 0 Å². The molecule has 0 radical (unpaired) electrons. The average Bonchev–Trinajstić information content (AvgIpc) is 2.28. The number of methoxy groups -OCH3 is 1. The molecule has 0 bridgehead atoms. The summed E-state index contributed by atoms with van der Waals surface area (Å²) >= 11 is 0. The Morgan fingerprint density at radius 3 is 2.58 bits per heavy atom. The van der Waals surface area contributed by atoms with Gasteiger partial charge in [0.15, 0.2) is 11.6 Å². The molecule has 19 heavy (non-hydrogen) atoms. The van der Waals surface area contributed by atoms with Crippen LogP contribution in [0.3, 0.4) is 0 Å². The van der Waals surface area contributed by atoms with Crippen molar-refractivity contribution < 1.29 is 18.7 Å². The molecule has 0 spiro atoms. The van der Waals surface area contributed by atoms with Gasteiger partial charge in [0.25, 0.3) is 0 Å². The van der Waals surface area contributed by atoms with E-state index in [1.54, 1.807) is 0 Å². The van der Waals surface area contributed by atoms with Gasteiger partial charge in [-0.1, -0.05) is 0 Å². The van der Waals surface area contributed by atoms with Crippen LogP contribution in [-0.2, 0) is 9.59 Å². The van der Waals surface area contributed by atoms with Crippen molar-refractivity contribution in [2.45, 2.75) is 12.5 Å². The predicted molar refractivity (Wildman–Crippen MR) is 70.6 cm³/mol. The van der Waals surface area contributed by atoms with E-state index in [-0.39, 0.29) is 30.3 Å². The number of nitrogens with two attached hydrogens (primary N) is 2. The van der Waals surface area contributed by atoms with E-state index in [1.807, 2.05) is 0 Å². The highest BCUT2D eigenvalue weighted by Gasteiger charge is 2.16. The molecule has 106 valence electrons. The molecule has 6 nitrogen and oxygen atoms in total. The fourth-order valence-corrected chi connectivity index (χ4v) is 1.29. The van der Waals surface area contributed by atoms with Crippen molar-refractivity contribution in [2.24, 2.45) is 11.5 Å². The van der Waals surface area contributed by atoms with Crippen LogP contribution in [-0.4, -0.2) is 25.0 Å². The van der Waals surface area contributed by atoms with Crippen molar-refractivity contribution >= 4 is 29.9 Å². The molecule has 1 unspecified atom stereocenters. The van der Waals surface area contributed by atoms with Crippen molar-refractivity contribution in [3.8, 4) is 5.75 Å². The molecule has 0 aliphatic carbocycles. The first-order valence-electron chi connectivity index (χ1n) is 5.12. The van der Waals surface area contributed by atoms with Gasteiger partial charge in [-0.25, -0.2) is 4.39 Å². The van der Waals surface area contributed by atoms with Gasteiger partial charge in [0.1, 0.15) is 0 Å². The van der Waals surface area contributed by atoms with E-state index >= 15 is 0 Å². The minimum Gasteiger partial charge on any atom is -0.494 e. The Hall–Kier alpha value is -1.86. The standard InChI is InChI=1S/C11H14FN3O3.ClH/c1-18-9-3-2-6(4-7(9)12)15-11(17)8(13)5-10(14)16;/h2-4,8H,5,13H2,1H3,(H2,14,16)(H,15,17);1H. The number of rotatable bonds is 5. The molecule has 5 N–H and O–H groups in total. The van der Waals surface area contributed by atoms with Crippen LogP contribution in [0, 0.1) is 5.82 Å². The van der Waals surface area contributed by atoms with Crippen LogP contribution >= 0.6 is 12.4 Å². The lowest BCUT2D eigenvalue weighted by Gasteiger charge is -2.11. The molecule has 1 atom stereocenters. The number of carbonyl (C=O) groups excluding carboxylic acids is 2. The van der Waals surface area contributed by atoms with Crippen LogP contribution in [0.25, 0.3) is 0 Å². The van der Waals surface area contributed by atoms with E-state index in [1.165, 1.54) is 19.2 Å². The summed E-state index contributed by atoms with van der Waals surface area (Å²) in [4.78, 5) is 22.1. The topological polar surface area (TPSA) is 107 Å². The van der Waals surface area contributed by atoms with E-state index in [9.17, 15) is 14.0 Å². The monoisotopic (exact) mass is 291 g/mol. The number of nitrogens with one attached hydrogen (secondary N) is 1. The van der Waals surface area contributed by atoms with Gasteiger partial charge in [-0.3, -0.25) is 9.59 Å². The van der Waals surface area contributed by atoms with Crippen LogP contribution in [0.4, 0.5) is 10.1 Å². The molecule has 0 heterocycles. The lowest BCUT2D eigenvalue weighted by Crippen LogP contribution is -2.39. The molecular formula is C11H15ClFN3O3. The molecule has 0 fully saturated rings. The second-order valence-corrected chi connectivity index (χ2v) is 3.62. The van der Waals surface area contributed by atoms with Crippen LogP contribution in [0.5, 0.6) is 5.75 Å². The molecule has 0 aliphatic heterocycles. The molecule has 0 saturated heterocycles. The number of primary amides is 1. The summed E-state index contributed by atoms with van der Waals surface area (Å²) < 4.78 is 18.1. The molecule has 0 saturated carbocycles. The molecule has 0 aliphatic rings. The molecular weight excluding hydrogens is 277 g/mol. The molecule has 8 heteroatoms. The number of ether oxygens (including phenoxy) is 1. The van der Waals surface area contributed by atoms with Crippen LogP contribution in [0.15, 0.2) is 18.2 Å². The first-order chi connectivity index (χ1) is 8.43. The Labute approximate surface area is 115 Å². The third kappa shape index (κ3) is 5.11. The maximum Gasteiger partial charge on any atom is 0.241 e. The number of carbonyl (C=O) groups is 2. The lowest BCUT2D eigenvalue weighted by molar-refractivity contribution is -0.123. The largest absolute Gasteiger partial charge is 0.494 e. The second kappa shape index (κ2) is 7.55. The average molecular weight is 292 g/mol. The van der Waals surface area contributed by atoms with E-state index in [4.69, 9.17) is 16.2 Å². The highest BCUT2D eigenvalue weighted by molar-refractivity contribution is 5.97. The molecule has 1 rings (SSSR count). The van der Waals surface area contributed by atoms with Gasteiger partial charge < -0.3 is 21.5 Å². The number of hydrogen-bond donors (Lipinski definition) is 3. The van der Waals surface area contributed by atoms with Gasteiger partial charge in [0, 0.05) is 11.8 Å². The van der Waals surface area contributed by atoms with Gasteiger partial charge in [0.2, 0.25) is 11.8 Å². The Kier molecular flexibility index (Phi) is 6.81. The van der Waals surface area contributed by atoms with E-state index in [0.717, 1.165) is 6.07 Å². The summed E-state index contributed by atoms with van der Waals surface area (Å²) in [6.07, 6.45) is -0.273. The van der Waals surface area contributed by atoms with Crippen molar-refractivity contribution in [1.29, 1.82) is 0 Å². The van der Waals surface area contributed by atoms with Gasteiger partial charge in [-0.05, 0) is 12.1 Å². The zero-order valence-corrected chi connectivity index (χ0v) is 11.0. The Balaban J connectivity index is 0.00000324. The molecule has 1 aromatic carbocycles. The molecule has 2 amide bonds. The highest BCUT2D eigenvalue weighted by Crippen LogP contribution is 2.20. The Morgan fingerprint density at radius 2 is 2.11 bits per heavy atom. The minimum atomic E-state index is -1.06. The number of hydrogen-bond acceptors (Lipinski definition) is 4. The maximum atomic E-state index is 13.3. The van der Waals surface area contributed by atoms with E-state index in [2.05, 4.69) is 5.32 Å². The first kappa shape index (κ1) is 17.1. The summed E-state index contributed by atoms with van der Waals surface area (Å²) in [5.74, 6) is -1.84. The molecule has 0 aromatic heterocycles. The zero-order chi connectivity index (χ0) is 13.7. The third-order valence-electron chi connectivity index (χ3n) is 2.18. The minimum absolute atomic E-state index is 0. The van der Waals surface area contributed by atoms with Crippen LogP contribution < -0.4 is 21.5 Å². The SMILES string of the molecule is COc1ccc(NC(=O)C(N)CC(N)=O)cc1F.Cl. The molecule has 1 aromatic rings. The summed E-state index contributed by atoms with van der Waals surface area (Å²) in [6, 6.07) is 2.85. The number of halogens is 2. The fourth-order valence-electron chi connectivity index (χ4n) is 1.29. The quantitative estimate of drug-likeness (QED) is 0.729. The normalized spacial score (nSPS) is 11.1. The third-order valence-corrected chi connectivity index (χ3v) is 2.18. The zero-order valence-electron chi connectivity index (χ0n) is 10.2. The van der Waals surface area contributed by atoms with Gasteiger partial charge in [0.05, 0.1) is 19.6 Å². The maximum absolute atomic E-state index is 13.3. The summed E-state index contributed by atoms with van der Waals surface area (Å²) in [5.41, 5.74) is 10.6. The summed E-state index contributed by atoms with van der Waals surface area (Å²) in [7, 11) is 1.33. The Bertz CT molecular complexity index is 470. The van der Waals surface area contributed by atoms with Gasteiger partial charge in [-0.2, -0.15) is 0 Å². The first-order valence-corrected chi connectivity index (χ1v) is 5.12. The summed E-state index contributed by atoms with van der Waals surface area (Å²) in [5, 5.41) is 2.37.